The second-order valence-corrected chi connectivity index (χ2v) is 14.5. The molecule has 0 unspecified atom stereocenters. The van der Waals surface area contributed by atoms with Crippen molar-refractivity contribution in [1.29, 1.82) is 0 Å². The van der Waals surface area contributed by atoms with Crippen molar-refractivity contribution in [3.05, 3.63) is 95.0 Å². The molecule has 6 aromatic rings. The zero-order chi connectivity index (χ0) is 38.6. The third kappa shape index (κ3) is 8.14. The molecule has 11 nitrogen and oxygen atoms in total. The number of fused-ring (bicyclic) bond motifs is 1. The van der Waals surface area contributed by atoms with Crippen molar-refractivity contribution in [2.75, 3.05) is 46.4 Å². The molecule has 0 spiro atoms. The van der Waals surface area contributed by atoms with Crippen molar-refractivity contribution in [3.8, 4) is 39.1 Å². The van der Waals surface area contributed by atoms with Crippen molar-refractivity contribution in [2.24, 2.45) is 0 Å². The second kappa shape index (κ2) is 16.7. The number of nitrogens with zero attached hydrogens (tertiary/aromatic N) is 6. The van der Waals surface area contributed by atoms with Crippen molar-refractivity contribution >= 4 is 38.9 Å². The molecule has 0 amide bonds. The SMILES string of the molecule is [2H][C@H](c1ccccc1OCc1ccnn1CC)[C@H](Oc1ncnc2sc(-c3ccc(F)o3)c(-c3ccc(OCCN4CCN(C)CC4)c(Cl)c3C)c12)C(C)=O. The number of hydrogen-bond donors (Lipinski definition) is 0. The molecule has 2 aromatic carbocycles. The van der Waals surface area contributed by atoms with Gasteiger partial charge in [0.15, 0.2) is 11.9 Å². The molecule has 54 heavy (non-hydrogen) atoms. The normalized spacial score (nSPS) is 15.3. The highest BCUT2D eigenvalue weighted by Gasteiger charge is 2.28. The third-order valence-corrected chi connectivity index (χ3v) is 11.1. The van der Waals surface area contributed by atoms with E-state index in [0.29, 0.717) is 67.0 Å². The van der Waals surface area contributed by atoms with E-state index >= 15 is 0 Å². The van der Waals surface area contributed by atoms with Crippen LogP contribution in [0.2, 0.25) is 5.02 Å². The summed E-state index contributed by atoms with van der Waals surface area (Å²) in [5, 5.41) is 5.20. The number of Topliss-reactive ketones (excluding diaryl/α,β-unsaturated/α-hetero) is 1. The number of aryl methyl sites for hydroxylation is 1. The minimum Gasteiger partial charge on any atom is -0.491 e. The van der Waals surface area contributed by atoms with Gasteiger partial charge in [-0.1, -0.05) is 35.9 Å². The van der Waals surface area contributed by atoms with Gasteiger partial charge in [-0.3, -0.25) is 14.4 Å². The molecule has 1 aliphatic heterocycles. The molecule has 4 aromatic heterocycles. The number of benzene rings is 2. The Kier molecular flexibility index (Phi) is 11.2. The maximum absolute atomic E-state index is 14.3. The summed E-state index contributed by atoms with van der Waals surface area (Å²) in [4.78, 5) is 28.1. The summed E-state index contributed by atoms with van der Waals surface area (Å²) in [6.45, 7) is 11.4. The summed E-state index contributed by atoms with van der Waals surface area (Å²) in [6.07, 6.45) is 0.589. The van der Waals surface area contributed by atoms with Gasteiger partial charge in [-0.2, -0.15) is 9.49 Å². The highest BCUT2D eigenvalue weighted by Crippen LogP contribution is 2.49. The van der Waals surface area contributed by atoms with Crippen LogP contribution in [-0.4, -0.2) is 87.8 Å². The van der Waals surface area contributed by atoms with Gasteiger partial charge in [-0.15, -0.1) is 11.3 Å². The van der Waals surface area contributed by atoms with Crippen LogP contribution in [0.3, 0.4) is 0 Å². The number of ether oxygens (including phenoxy) is 3. The molecule has 0 N–H and O–H groups in total. The Balaban J connectivity index is 1.23. The van der Waals surface area contributed by atoms with Crippen LogP contribution in [0, 0.1) is 12.9 Å². The standard InChI is InChI=1S/C40H42ClFN6O5S/c1-5-48-28(14-15-45-48)23-51-30-9-7-6-8-27(30)22-33(26(3)49)53-39-36-35(38(32-12-13-34(42)52-32)54-40(36)44-24-43-39)29-10-11-31(37(41)25(29)2)50-21-20-47-18-16-46(4)17-19-47/h6-15,24,33H,5,16-23H2,1-4H3/t33-/m0/s1/i22D/t22-,33+/m1. The summed E-state index contributed by atoms with van der Waals surface area (Å²) in [6, 6.07) is 14.8. The number of likely N-dealkylation sites (N-methyl/N-ethyl adjacent to an activating group) is 1. The number of halogens is 2. The molecule has 1 saturated heterocycles. The fraction of sp³-hybridized carbons (Fsp3) is 0.350. The van der Waals surface area contributed by atoms with Crippen LogP contribution in [-0.2, 0) is 24.3 Å². The van der Waals surface area contributed by atoms with Crippen LogP contribution in [0.5, 0.6) is 17.4 Å². The van der Waals surface area contributed by atoms with Gasteiger partial charge >= 0.3 is 0 Å². The molecule has 1 fully saturated rings. The van der Waals surface area contributed by atoms with Crippen LogP contribution >= 0.6 is 22.9 Å². The average molecular weight is 774 g/mol. The zero-order valence-electron chi connectivity index (χ0n) is 31.6. The maximum atomic E-state index is 14.3. The molecule has 0 radical (unpaired) electrons. The van der Waals surface area contributed by atoms with E-state index in [1.807, 2.05) is 42.8 Å². The van der Waals surface area contributed by atoms with Crippen LogP contribution in [0.15, 0.2) is 71.5 Å². The lowest BCUT2D eigenvalue weighted by Crippen LogP contribution is -2.45. The fourth-order valence-electron chi connectivity index (χ4n) is 6.45. The number of thiophene rings is 1. The first-order valence-electron chi connectivity index (χ1n) is 18.4. The minimum atomic E-state index is -1.28. The quantitative estimate of drug-likeness (QED) is 0.103. The van der Waals surface area contributed by atoms with Crippen molar-refractivity contribution < 1.29 is 29.2 Å². The van der Waals surface area contributed by atoms with Gasteiger partial charge in [0.1, 0.15) is 41.6 Å². The first-order chi connectivity index (χ1) is 26.6. The number of hydrogen-bond acceptors (Lipinski definition) is 11. The van der Waals surface area contributed by atoms with Crippen molar-refractivity contribution in [2.45, 2.75) is 46.4 Å². The Morgan fingerprint density at radius 1 is 1.07 bits per heavy atom. The molecule has 0 aliphatic carbocycles. The predicted octanol–water partition coefficient (Wildman–Crippen LogP) is 7.72. The summed E-state index contributed by atoms with van der Waals surface area (Å²) in [5.74, 6) is 0.974. The molecule has 5 heterocycles. The molecule has 1 aliphatic rings. The van der Waals surface area contributed by atoms with Crippen LogP contribution in [0.1, 0.15) is 32.0 Å². The minimum absolute atomic E-state index is 0.0836. The van der Waals surface area contributed by atoms with E-state index in [1.54, 1.807) is 30.5 Å². The van der Waals surface area contributed by atoms with E-state index < -0.39 is 18.5 Å². The first kappa shape index (κ1) is 36.2. The highest BCUT2D eigenvalue weighted by molar-refractivity contribution is 7.22. The van der Waals surface area contributed by atoms with E-state index in [1.165, 1.54) is 30.7 Å². The van der Waals surface area contributed by atoms with Gasteiger partial charge in [0, 0.05) is 64.9 Å². The average Bonchev–Trinajstić information content (AvgIpc) is 3.94. The lowest BCUT2D eigenvalue weighted by atomic mass is 9.97. The number of furan rings is 1. The smallest absolute Gasteiger partial charge is 0.278 e. The topological polar surface area (TPSA) is 108 Å². The Labute approximate surface area is 323 Å². The van der Waals surface area contributed by atoms with Gasteiger partial charge in [0.25, 0.3) is 6.01 Å². The number of para-hydroxylation sites is 1. The summed E-state index contributed by atoms with van der Waals surface area (Å²) >= 11 is 8.27. The lowest BCUT2D eigenvalue weighted by molar-refractivity contribution is -0.123. The number of ketones is 1. The first-order valence-corrected chi connectivity index (χ1v) is 19.0. The summed E-state index contributed by atoms with van der Waals surface area (Å²) in [7, 11) is 2.13. The molecular formula is C40H42ClFN6O5S. The Bertz CT molecular complexity index is 2290. The summed E-state index contributed by atoms with van der Waals surface area (Å²) in [5.41, 5.74) is 3.34. The fourth-order valence-corrected chi connectivity index (χ4v) is 7.78. The second-order valence-electron chi connectivity index (χ2n) is 13.1. The molecule has 7 rings (SSSR count). The van der Waals surface area contributed by atoms with Crippen LogP contribution in [0.25, 0.3) is 32.0 Å². The Morgan fingerprint density at radius 3 is 2.65 bits per heavy atom. The molecule has 14 heteroatoms. The maximum Gasteiger partial charge on any atom is 0.278 e. The van der Waals surface area contributed by atoms with Gasteiger partial charge in [0.2, 0.25) is 5.88 Å². The zero-order valence-corrected chi connectivity index (χ0v) is 32.1. The summed E-state index contributed by atoms with van der Waals surface area (Å²) < 4.78 is 49.8. The van der Waals surface area contributed by atoms with Gasteiger partial charge in [0.05, 0.1) is 21.0 Å². The Hall–Kier alpha value is -4.82. The Morgan fingerprint density at radius 2 is 1.89 bits per heavy atom. The number of aromatic nitrogens is 4. The van der Waals surface area contributed by atoms with Crippen molar-refractivity contribution in [1.82, 2.24) is 29.5 Å². The van der Waals surface area contributed by atoms with Crippen LogP contribution < -0.4 is 14.2 Å². The number of rotatable bonds is 15. The number of piperazine rings is 1. The molecule has 2 atom stereocenters. The molecule has 282 valence electrons. The largest absolute Gasteiger partial charge is 0.491 e. The van der Waals surface area contributed by atoms with Gasteiger partial charge in [-0.05, 0) is 68.8 Å². The van der Waals surface area contributed by atoms with Gasteiger partial charge < -0.3 is 23.5 Å². The molecular weight excluding hydrogens is 731 g/mol. The third-order valence-electron chi connectivity index (χ3n) is 9.50. The highest BCUT2D eigenvalue weighted by atomic mass is 35.5. The predicted molar refractivity (Wildman–Crippen MR) is 207 cm³/mol. The number of carbonyl (C=O) groups excluding carboxylic acids is 1. The molecule has 0 bridgehead atoms. The van der Waals surface area contributed by atoms with E-state index in [-0.39, 0.29) is 24.0 Å². The molecule has 0 saturated carbocycles. The van der Waals surface area contributed by atoms with Crippen LogP contribution in [0.4, 0.5) is 4.39 Å². The monoisotopic (exact) mass is 773 g/mol. The van der Waals surface area contributed by atoms with Gasteiger partial charge in [-0.25, -0.2) is 9.97 Å². The van der Waals surface area contributed by atoms with E-state index in [4.69, 9.17) is 30.2 Å². The van der Waals surface area contributed by atoms with E-state index in [2.05, 4.69) is 31.9 Å². The number of carbonyl (C=O) groups is 1. The van der Waals surface area contributed by atoms with Crippen molar-refractivity contribution in [3.63, 3.8) is 0 Å². The van der Waals surface area contributed by atoms with E-state index in [0.717, 1.165) is 38.4 Å². The van der Waals surface area contributed by atoms with E-state index in [9.17, 15) is 10.6 Å². The lowest BCUT2D eigenvalue weighted by Gasteiger charge is -2.32.